The number of benzene rings is 2. The second kappa shape index (κ2) is 6.60. The Balaban J connectivity index is 1.75. The number of nitrogens with zero attached hydrogens (tertiary/aromatic N) is 2. The van der Waals surface area contributed by atoms with Crippen molar-refractivity contribution in [2.24, 2.45) is 0 Å². The van der Waals surface area contributed by atoms with Gasteiger partial charge in [0, 0.05) is 53.2 Å². The average Bonchev–Trinajstić information content (AvgIpc) is 2.63. The predicted molar refractivity (Wildman–Crippen MR) is 97.4 cm³/mol. The molecule has 1 saturated heterocycles. The number of anilines is 1. The molecule has 0 amide bonds. The summed E-state index contributed by atoms with van der Waals surface area (Å²) in [5.41, 5.74) is 2.39. The zero-order valence-corrected chi connectivity index (χ0v) is 13.7. The number of para-hydroxylation sites is 1. The molecular formula is C19H19N3S. The molecular weight excluding hydrogens is 302 g/mol. The molecule has 0 bridgehead atoms. The fourth-order valence-electron chi connectivity index (χ4n) is 3.01. The van der Waals surface area contributed by atoms with Crippen molar-refractivity contribution >= 4 is 28.4 Å². The Morgan fingerprint density at radius 3 is 2.57 bits per heavy atom. The van der Waals surface area contributed by atoms with E-state index < -0.39 is 0 Å². The Labute approximate surface area is 140 Å². The van der Waals surface area contributed by atoms with E-state index in [-0.39, 0.29) is 0 Å². The van der Waals surface area contributed by atoms with E-state index in [1.165, 1.54) is 20.9 Å². The molecule has 2 aromatic carbocycles. The molecule has 1 aromatic heterocycles. The van der Waals surface area contributed by atoms with E-state index in [0.717, 1.165) is 31.7 Å². The maximum absolute atomic E-state index is 4.67. The van der Waals surface area contributed by atoms with Crippen LogP contribution in [0.1, 0.15) is 0 Å². The first-order valence-corrected chi connectivity index (χ1v) is 8.80. The lowest BCUT2D eigenvalue weighted by atomic mass is 10.1. The molecule has 0 aliphatic carbocycles. The van der Waals surface area contributed by atoms with E-state index >= 15 is 0 Å². The zero-order valence-electron chi connectivity index (χ0n) is 12.9. The number of aromatic nitrogens is 1. The van der Waals surface area contributed by atoms with Gasteiger partial charge in [-0.15, -0.1) is 0 Å². The first kappa shape index (κ1) is 14.5. The van der Waals surface area contributed by atoms with Gasteiger partial charge in [-0.25, -0.2) is 0 Å². The maximum Gasteiger partial charge on any atom is 0.0862 e. The highest BCUT2D eigenvalue weighted by Gasteiger charge is 2.15. The molecule has 3 nitrogen and oxygen atoms in total. The number of nitrogens with one attached hydrogen (secondary N) is 1. The van der Waals surface area contributed by atoms with Crippen molar-refractivity contribution in [3.05, 3.63) is 60.8 Å². The van der Waals surface area contributed by atoms with Crippen LogP contribution in [0.2, 0.25) is 0 Å². The highest BCUT2D eigenvalue weighted by atomic mass is 32.2. The van der Waals surface area contributed by atoms with Crippen LogP contribution in [0.15, 0.2) is 70.6 Å². The van der Waals surface area contributed by atoms with Crippen LogP contribution in [0.4, 0.5) is 5.69 Å². The first-order chi connectivity index (χ1) is 11.4. The molecule has 1 fully saturated rings. The van der Waals surface area contributed by atoms with E-state index in [0.29, 0.717) is 0 Å². The molecule has 4 heteroatoms. The minimum Gasteiger partial charge on any atom is -0.368 e. The van der Waals surface area contributed by atoms with Crippen LogP contribution in [0.3, 0.4) is 0 Å². The standard InChI is InChI=1S/C19H19N3S/c1-2-5-15(6-3-1)23-18-8-4-7-16-17(9-10-21-19(16)18)22-13-11-20-12-14-22/h1-10,20H,11-14H2. The van der Waals surface area contributed by atoms with E-state index in [2.05, 4.69) is 63.7 Å². The molecule has 1 aliphatic heterocycles. The average molecular weight is 321 g/mol. The summed E-state index contributed by atoms with van der Waals surface area (Å²) >= 11 is 1.78. The summed E-state index contributed by atoms with van der Waals surface area (Å²) in [6.45, 7) is 4.19. The Kier molecular flexibility index (Phi) is 4.18. The Morgan fingerprint density at radius 2 is 1.74 bits per heavy atom. The SMILES string of the molecule is c1ccc(Sc2cccc3c(N4CCNCC4)ccnc23)cc1. The molecule has 1 aliphatic rings. The summed E-state index contributed by atoms with van der Waals surface area (Å²) in [6, 6.07) is 19.1. The normalized spacial score (nSPS) is 15.0. The summed E-state index contributed by atoms with van der Waals surface area (Å²) in [6.07, 6.45) is 1.94. The third-order valence-electron chi connectivity index (χ3n) is 4.14. The Hall–Kier alpha value is -2.04. The van der Waals surface area contributed by atoms with Crippen LogP contribution in [-0.4, -0.2) is 31.2 Å². The van der Waals surface area contributed by atoms with Crippen LogP contribution < -0.4 is 10.2 Å². The molecule has 3 aromatic rings. The van der Waals surface area contributed by atoms with E-state index in [1.54, 1.807) is 11.8 Å². The lowest BCUT2D eigenvalue weighted by Crippen LogP contribution is -2.43. The summed E-state index contributed by atoms with van der Waals surface area (Å²) < 4.78 is 0. The van der Waals surface area contributed by atoms with Crippen molar-refractivity contribution in [2.75, 3.05) is 31.1 Å². The largest absolute Gasteiger partial charge is 0.368 e. The Morgan fingerprint density at radius 1 is 0.913 bits per heavy atom. The monoisotopic (exact) mass is 321 g/mol. The number of hydrogen-bond acceptors (Lipinski definition) is 4. The van der Waals surface area contributed by atoms with Crippen molar-refractivity contribution in [3.8, 4) is 0 Å². The fraction of sp³-hybridized carbons (Fsp3) is 0.211. The molecule has 1 N–H and O–H groups in total. The summed E-state index contributed by atoms with van der Waals surface area (Å²) in [7, 11) is 0. The van der Waals surface area contributed by atoms with Gasteiger partial charge in [0.25, 0.3) is 0 Å². The van der Waals surface area contributed by atoms with E-state index in [4.69, 9.17) is 0 Å². The van der Waals surface area contributed by atoms with Gasteiger partial charge in [0.2, 0.25) is 0 Å². The van der Waals surface area contributed by atoms with Crippen molar-refractivity contribution < 1.29 is 0 Å². The molecule has 0 spiro atoms. The van der Waals surface area contributed by atoms with Crippen LogP contribution in [0.25, 0.3) is 10.9 Å². The van der Waals surface area contributed by atoms with Gasteiger partial charge in [0.15, 0.2) is 0 Å². The predicted octanol–water partition coefficient (Wildman–Crippen LogP) is 3.80. The third-order valence-corrected chi connectivity index (χ3v) is 5.20. The molecule has 116 valence electrons. The molecule has 0 saturated carbocycles. The summed E-state index contributed by atoms with van der Waals surface area (Å²) in [4.78, 5) is 9.58. The Bertz CT molecular complexity index is 798. The topological polar surface area (TPSA) is 28.2 Å². The quantitative estimate of drug-likeness (QED) is 0.794. The minimum absolute atomic E-state index is 1.04. The first-order valence-electron chi connectivity index (χ1n) is 7.98. The lowest BCUT2D eigenvalue weighted by Gasteiger charge is -2.30. The number of hydrogen-bond donors (Lipinski definition) is 1. The summed E-state index contributed by atoms with van der Waals surface area (Å²) in [5.74, 6) is 0. The third kappa shape index (κ3) is 3.05. The van der Waals surface area contributed by atoms with Gasteiger partial charge in [0.1, 0.15) is 0 Å². The van der Waals surface area contributed by atoms with Gasteiger partial charge in [-0.3, -0.25) is 4.98 Å². The highest BCUT2D eigenvalue weighted by molar-refractivity contribution is 7.99. The maximum atomic E-state index is 4.67. The second-order valence-electron chi connectivity index (χ2n) is 5.63. The van der Waals surface area contributed by atoms with Gasteiger partial charge in [-0.05, 0) is 24.3 Å². The smallest absolute Gasteiger partial charge is 0.0862 e. The molecule has 0 unspecified atom stereocenters. The number of piperazine rings is 1. The van der Waals surface area contributed by atoms with Crippen LogP contribution in [0, 0.1) is 0 Å². The van der Waals surface area contributed by atoms with Crippen LogP contribution in [-0.2, 0) is 0 Å². The number of pyridine rings is 1. The zero-order chi connectivity index (χ0) is 15.5. The molecule has 4 rings (SSSR count). The van der Waals surface area contributed by atoms with Crippen molar-refractivity contribution in [1.29, 1.82) is 0 Å². The van der Waals surface area contributed by atoms with Gasteiger partial charge in [-0.1, -0.05) is 42.1 Å². The lowest BCUT2D eigenvalue weighted by molar-refractivity contribution is 0.590. The van der Waals surface area contributed by atoms with Crippen molar-refractivity contribution in [2.45, 2.75) is 9.79 Å². The highest BCUT2D eigenvalue weighted by Crippen LogP contribution is 2.35. The number of rotatable bonds is 3. The molecule has 23 heavy (non-hydrogen) atoms. The van der Waals surface area contributed by atoms with Crippen molar-refractivity contribution in [1.82, 2.24) is 10.3 Å². The minimum atomic E-state index is 1.04. The fourth-order valence-corrected chi connectivity index (χ4v) is 3.97. The molecule has 0 atom stereocenters. The van der Waals surface area contributed by atoms with Gasteiger partial charge >= 0.3 is 0 Å². The number of fused-ring (bicyclic) bond motifs is 1. The molecule has 0 radical (unpaired) electrons. The summed E-state index contributed by atoms with van der Waals surface area (Å²) in [5, 5.41) is 4.66. The second-order valence-corrected chi connectivity index (χ2v) is 6.75. The molecule has 2 heterocycles. The van der Waals surface area contributed by atoms with Crippen molar-refractivity contribution in [3.63, 3.8) is 0 Å². The van der Waals surface area contributed by atoms with Gasteiger partial charge in [-0.2, -0.15) is 0 Å². The van der Waals surface area contributed by atoms with Crippen LogP contribution >= 0.6 is 11.8 Å². The van der Waals surface area contributed by atoms with Gasteiger partial charge < -0.3 is 10.2 Å². The van der Waals surface area contributed by atoms with Gasteiger partial charge in [0.05, 0.1) is 5.52 Å². The van der Waals surface area contributed by atoms with E-state index in [9.17, 15) is 0 Å². The van der Waals surface area contributed by atoms with Crippen LogP contribution in [0.5, 0.6) is 0 Å². The van der Waals surface area contributed by atoms with E-state index in [1.807, 2.05) is 12.3 Å².